The van der Waals surface area contributed by atoms with Gasteiger partial charge in [-0.2, -0.15) is 5.10 Å². The Bertz CT molecular complexity index is 980. The van der Waals surface area contributed by atoms with Crippen LogP contribution < -0.4 is 0 Å². The number of hydrogen-bond donors (Lipinski definition) is 0. The van der Waals surface area contributed by atoms with E-state index in [1.54, 1.807) is 39.2 Å². The predicted molar refractivity (Wildman–Crippen MR) is 103 cm³/mol. The van der Waals surface area contributed by atoms with Crippen molar-refractivity contribution in [2.75, 3.05) is 6.54 Å². The summed E-state index contributed by atoms with van der Waals surface area (Å²) < 4.78 is 16.2. The molecule has 0 spiro atoms. The number of nitrogens with zero attached hydrogens (tertiary/aromatic N) is 4. The standard InChI is InChI=1S/C20H21FN4OS/c1-13-10-22-19(27-13)18-5-3-4-8-25(18)20(26)16-9-14(6-7-17(16)21)15-11-23-24(2)12-15/h6-7,9-12,18H,3-5,8H2,1-2H3. The monoisotopic (exact) mass is 384 g/mol. The first kappa shape index (κ1) is 17.9. The number of likely N-dealkylation sites (tertiary alicyclic amines) is 1. The lowest BCUT2D eigenvalue weighted by molar-refractivity contribution is 0.0606. The molecule has 3 heterocycles. The summed E-state index contributed by atoms with van der Waals surface area (Å²) in [7, 11) is 1.83. The molecule has 4 rings (SSSR count). The maximum atomic E-state index is 14.5. The van der Waals surface area contributed by atoms with Crippen LogP contribution in [0.4, 0.5) is 4.39 Å². The average molecular weight is 384 g/mol. The fraction of sp³-hybridized carbons (Fsp3) is 0.350. The minimum absolute atomic E-state index is 0.0774. The lowest BCUT2D eigenvalue weighted by Gasteiger charge is -2.34. The summed E-state index contributed by atoms with van der Waals surface area (Å²) in [5.74, 6) is -0.761. The lowest BCUT2D eigenvalue weighted by atomic mass is 9.99. The Morgan fingerprint density at radius 1 is 1.26 bits per heavy atom. The average Bonchev–Trinajstić information content (AvgIpc) is 3.30. The van der Waals surface area contributed by atoms with Crippen molar-refractivity contribution < 1.29 is 9.18 Å². The third kappa shape index (κ3) is 3.51. The van der Waals surface area contributed by atoms with E-state index >= 15 is 0 Å². The van der Waals surface area contributed by atoms with Gasteiger partial charge in [0, 0.05) is 36.4 Å². The van der Waals surface area contributed by atoms with Gasteiger partial charge in [0.15, 0.2) is 0 Å². The maximum absolute atomic E-state index is 14.5. The van der Waals surface area contributed by atoms with E-state index in [0.29, 0.717) is 6.54 Å². The molecule has 2 aromatic heterocycles. The van der Waals surface area contributed by atoms with Gasteiger partial charge >= 0.3 is 0 Å². The van der Waals surface area contributed by atoms with E-state index in [0.717, 1.165) is 40.3 Å². The second-order valence-electron chi connectivity index (χ2n) is 6.92. The molecule has 0 aliphatic carbocycles. The predicted octanol–water partition coefficient (Wildman–Crippen LogP) is 4.36. The molecular weight excluding hydrogens is 363 g/mol. The lowest BCUT2D eigenvalue weighted by Crippen LogP contribution is -2.38. The molecule has 1 aliphatic heterocycles. The number of aryl methyl sites for hydroxylation is 2. The number of carbonyl (C=O) groups is 1. The maximum Gasteiger partial charge on any atom is 0.257 e. The van der Waals surface area contributed by atoms with E-state index in [2.05, 4.69) is 10.1 Å². The summed E-state index contributed by atoms with van der Waals surface area (Å²) in [5.41, 5.74) is 1.75. The molecule has 140 valence electrons. The van der Waals surface area contributed by atoms with Crippen LogP contribution in [-0.4, -0.2) is 32.1 Å². The highest BCUT2D eigenvalue weighted by Gasteiger charge is 2.32. The molecule has 0 N–H and O–H groups in total. The van der Waals surface area contributed by atoms with Crippen molar-refractivity contribution in [1.82, 2.24) is 19.7 Å². The quantitative estimate of drug-likeness (QED) is 0.674. The molecule has 0 saturated carbocycles. The molecule has 1 saturated heterocycles. The van der Waals surface area contributed by atoms with E-state index in [4.69, 9.17) is 0 Å². The van der Waals surface area contributed by atoms with Gasteiger partial charge in [-0.3, -0.25) is 9.48 Å². The van der Waals surface area contributed by atoms with Gasteiger partial charge in [0.25, 0.3) is 5.91 Å². The van der Waals surface area contributed by atoms with Crippen molar-refractivity contribution in [2.24, 2.45) is 7.05 Å². The third-order valence-electron chi connectivity index (χ3n) is 4.92. The van der Waals surface area contributed by atoms with Gasteiger partial charge in [0.2, 0.25) is 0 Å². The molecule has 0 bridgehead atoms. The zero-order valence-corrected chi connectivity index (χ0v) is 16.2. The van der Waals surface area contributed by atoms with Crippen molar-refractivity contribution in [3.63, 3.8) is 0 Å². The van der Waals surface area contributed by atoms with Crippen LogP contribution in [0.5, 0.6) is 0 Å². The van der Waals surface area contributed by atoms with E-state index in [-0.39, 0.29) is 17.5 Å². The molecule has 1 atom stereocenters. The zero-order chi connectivity index (χ0) is 19.0. The summed E-state index contributed by atoms with van der Waals surface area (Å²) in [6.45, 7) is 2.63. The number of amides is 1. The summed E-state index contributed by atoms with van der Waals surface area (Å²) in [5, 5.41) is 5.09. The Labute approximate surface area is 161 Å². The van der Waals surface area contributed by atoms with E-state index in [1.807, 2.05) is 26.4 Å². The number of halogens is 1. The normalized spacial score (nSPS) is 17.3. The number of hydrogen-bond acceptors (Lipinski definition) is 4. The van der Waals surface area contributed by atoms with Crippen LogP contribution in [-0.2, 0) is 7.05 Å². The SMILES string of the molecule is Cc1cnc(C2CCCCN2C(=O)c2cc(-c3cnn(C)c3)ccc2F)s1. The highest BCUT2D eigenvalue weighted by atomic mass is 32.1. The minimum Gasteiger partial charge on any atom is -0.329 e. The summed E-state index contributed by atoms with van der Waals surface area (Å²) in [4.78, 5) is 20.6. The molecular formula is C20H21FN4OS. The molecule has 1 fully saturated rings. The molecule has 1 amide bonds. The van der Waals surface area contributed by atoms with Crippen LogP contribution in [0, 0.1) is 12.7 Å². The van der Waals surface area contributed by atoms with Crippen LogP contribution in [0.25, 0.3) is 11.1 Å². The fourth-order valence-corrected chi connectivity index (χ4v) is 4.47. The fourth-order valence-electron chi connectivity index (χ4n) is 3.55. The Morgan fingerprint density at radius 2 is 2.11 bits per heavy atom. The molecule has 7 heteroatoms. The number of benzene rings is 1. The molecule has 1 aliphatic rings. The van der Waals surface area contributed by atoms with Crippen molar-refractivity contribution in [2.45, 2.75) is 32.2 Å². The van der Waals surface area contributed by atoms with E-state index in [9.17, 15) is 9.18 Å². The number of aromatic nitrogens is 3. The zero-order valence-electron chi connectivity index (χ0n) is 15.4. The first-order valence-electron chi connectivity index (χ1n) is 9.05. The molecule has 1 aromatic carbocycles. The molecule has 0 radical (unpaired) electrons. The first-order valence-corrected chi connectivity index (χ1v) is 9.86. The first-order chi connectivity index (χ1) is 13.0. The van der Waals surface area contributed by atoms with Gasteiger partial charge in [-0.05, 0) is 43.9 Å². The van der Waals surface area contributed by atoms with Crippen LogP contribution >= 0.6 is 11.3 Å². The van der Waals surface area contributed by atoms with Crippen molar-refractivity contribution >= 4 is 17.2 Å². The van der Waals surface area contributed by atoms with Gasteiger partial charge in [0.05, 0.1) is 17.8 Å². The van der Waals surface area contributed by atoms with Crippen molar-refractivity contribution in [3.8, 4) is 11.1 Å². The van der Waals surface area contributed by atoms with Gasteiger partial charge in [-0.25, -0.2) is 9.37 Å². The highest BCUT2D eigenvalue weighted by Crippen LogP contribution is 2.35. The second-order valence-corrected chi connectivity index (χ2v) is 8.18. The van der Waals surface area contributed by atoms with Gasteiger partial charge in [-0.15, -0.1) is 11.3 Å². The van der Waals surface area contributed by atoms with Crippen LogP contribution in [0.15, 0.2) is 36.8 Å². The van der Waals surface area contributed by atoms with Crippen LogP contribution in [0.1, 0.15) is 45.5 Å². The third-order valence-corrected chi connectivity index (χ3v) is 5.94. The van der Waals surface area contributed by atoms with Crippen LogP contribution in [0.3, 0.4) is 0 Å². The number of thiazole rings is 1. The Morgan fingerprint density at radius 3 is 2.81 bits per heavy atom. The summed E-state index contributed by atoms with van der Waals surface area (Å²) in [6, 6.07) is 4.60. The number of rotatable bonds is 3. The highest BCUT2D eigenvalue weighted by molar-refractivity contribution is 7.11. The van der Waals surface area contributed by atoms with Gasteiger partial charge in [-0.1, -0.05) is 6.07 Å². The largest absolute Gasteiger partial charge is 0.329 e. The topological polar surface area (TPSA) is 51.0 Å². The Hall–Kier alpha value is -2.54. The molecule has 3 aromatic rings. The summed E-state index contributed by atoms with van der Waals surface area (Å²) in [6.07, 6.45) is 8.23. The van der Waals surface area contributed by atoms with Crippen molar-refractivity contribution in [1.29, 1.82) is 0 Å². The van der Waals surface area contributed by atoms with E-state index < -0.39 is 5.82 Å². The van der Waals surface area contributed by atoms with E-state index in [1.165, 1.54) is 6.07 Å². The second kappa shape index (κ2) is 7.23. The Balaban J connectivity index is 1.68. The van der Waals surface area contributed by atoms with Crippen LogP contribution in [0.2, 0.25) is 0 Å². The number of piperidine rings is 1. The summed E-state index contributed by atoms with van der Waals surface area (Å²) >= 11 is 1.61. The minimum atomic E-state index is -0.493. The Kier molecular flexibility index (Phi) is 4.78. The van der Waals surface area contributed by atoms with Crippen molar-refractivity contribution in [3.05, 3.63) is 58.1 Å². The molecule has 5 nitrogen and oxygen atoms in total. The number of carbonyl (C=O) groups excluding carboxylic acids is 1. The van der Waals surface area contributed by atoms with Gasteiger partial charge < -0.3 is 4.90 Å². The molecule has 1 unspecified atom stereocenters. The molecule has 27 heavy (non-hydrogen) atoms. The smallest absolute Gasteiger partial charge is 0.257 e. The van der Waals surface area contributed by atoms with Gasteiger partial charge in [0.1, 0.15) is 10.8 Å².